The van der Waals surface area contributed by atoms with E-state index < -0.39 is 0 Å². The summed E-state index contributed by atoms with van der Waals surface area (Å²) >= 11 is 0. The summed E-state index contributed by atoms with van der Waals surface area (Å²) in [5.74, 6) is 0. The Labute approximate surface area is 93.7 Å². The SMILES string of the molecule is [Fe+5].[Fe+5].c1cc[c-](-[c-]2cccc2)c1. The van der Waals surface area contributed by atoms with Gasteiger partial charge in [-0.1, -0.05) is 0 Å². The number of hydrogen-bond donors (Lipinski definition) is 0. The van der Waals surface area contributed by atoms with Crippen molar-refractivity contribution in [2.75, 3.05) is 0 Å². The predicted octanol–water partition coefficient (Wildman–Crippen LogP) is 2.79. The summed E-state index contributed by atoms with van der Waals surface area (Å²) in [4.78, 5) is 0. The maximum atomic E-state index is 2.12. The van der Waals surface area contributed by atoms with E-state index in [0.717, 1.165) is 0 Å². The van der Waals surface area contributed by atoms with Crippen LogP contribution in [0.25, 0.3) is 11.1 Å². The van der Waals surface area contributed by atoms with Crippen molar-refractivity contribution in [1.29, 1.82) is 0 Å². The summed E-state index contributed by atoms with van der Waals surface area (Å²) in [5, 5.41) is 0. The van der Waals surface area contributed by atoms with Gasteiger partial charge in [-0.2, -0.15) is 59.7 Å². The molecule has 0 saturated carbocycles. The van der Waals surface area contributed by atoms with Crippen LogP contribution in [0.15, 0.2) is 48.5 Å². The standard InChI is InChI=1S/C10H8.2Fe/c1-2-6-9(5-1)10-7-3-4-8-10;;/h1-8H;;/q-2;2*+5. The van der Waals surface area contributed by atoms with E-state index in [9.17, 15) is 0 Å². The van der Waals surface area contributed by atoms with E-state index in [4.69, 9.17) is 0 Å². The smallest absolute Gasteiger partial charge is 0.198 e. The van der Waals surface area contributed by atoms with Crippen molar-refractivity contribution in [2.24, 2.45) is 0 Å². The van der Waals surface area contributed by atoms with Crippen LogP contribution in [0.4, 0.5) is 0 Å². The molecule has 0 aromatic heterocycles. The van der Waals surface area contributed by atoms with Gasteiger partial charge in [-0.3, -0.25) is 0 Å². The third kappa shape index (κ3) is 2.36. The molecule has 0 heterocycles. The summed E-state index contributed by atoms with van der Waals surface area (Å²) in [6.45, 7) is 0. The van der Waals surface area contributed by atoms with E-state index in [1.807, 2.05) is 0 Å². The maximum absolute atomic E-state index is 2.12. The minimum Gasteiger partial charge on any atom is -0.198 e. The fourth-order valence-corrected chi connectivity index (χ4v) is 1.13. The van der Waals surface area contributed by atoms with Crippen molar-refractivity contribution in [3.05, 3.63) is 48.5 Å². The molecule has 0 aliphatic carbocycles. The zero-order valence-corrected chi connectivity index (χ0v) is 8.53. The first-order valence-electron chi connectivity index (χ1n) is 3.40. The van der Waals surface area contributed by atoms with Crippen LogP contribution < -0.4 is 0 Å². The van der Waals surface area contributed by atoms with E-state index >= 15 is 0 Å². The third-order valence-electron chi connectivity index (χ3n) is 1.66. The molecule has 0 N–H and O–H groups in total. The van der Waals surface area contributed by atoms with Gasteiger partial charge in [-0.05, 0) is 0 Å². The topological polar surface area (TPSA) is 0 Å². The summed E-state index contributed by atoms with van der Waals surface area (Å²) in [7, 11) is 0. The average molecular weight is 240 g/mol. The molecule has 0 spiro atoms. The van der Waals surface area contributed by atoms with Crippen molar-refractivity contribution in [3.63, 3.8) is 0 Å². The van der Waals surface area contributed by atoms with Gasteiger partial charge in [0.2, 0.25) is 0 Å². The van der Waals surface area contributed by atoms with Gasteiger partial charge in [0.05, 0.1) is 0 Å². The monoisotopic (exact) mass is 240 g/mol. The van der Waals surface area contributed by atoms with Gasteiger partial charge in [0, 0.05) is 0 Å². The largest absolute Gasteiger partial charge is 5.00 e. The first kappa shape index (κ1) is 11.7. The van der Waals surface area contributed by atoms with E-state index in [1.165, 1.54) is 11.1 Å². The fraction of sp³-hybridized carbons (Fsp3) is 0. The number of rotatable bonds is 1. The van der Waals surface area contributed by atoms with Crippen LogP contribution in [-0.4, -0.2) is 0 Å². The molecular weight excluding hydrogens is 232 g/mol. The fourth-order valence-electron chi connectivity index (χ4n) is 1.13. The van der Waals surface area contributed by atoms with Crippen molar-refractivity contribution < 1.29 is 34.1 Å². The predicted molar refractivity (Wildman–Crippen MR) is 43.1 cm³/mol. The van der Waals surface area contributed by atoms with Gasteiger partial charge in [-0.15, -0.1) is 0 Å². The van der Waals surface area contributed by atoms with Crippen LogP contribution >= 0.6 is 0 Å². The Morgan fingerprint density at radius 1 is 0.500 bits per heavy atom. The van der Waals surface area contributed by atoms with Crippen LogP contribution in [0.5, 0.6) is 0 Å². The molecule has 0 aliphatic heterocycles. The molecule has 0 nitrogen and oxygen atoms in total. The molecule has 0 amide bonds. The van der Waals surface area contributed by atoms with Gasteiger partial charge in [0.15, 0.2) is 0 Å². The first-order valence-corrected chi connectivity index (χ1v) is 3.40. The summed E-state index contributed by atoms with van der Waals surface area (Å²) in [6, 6.07) is 16.7. The zero-order chi connectivity index (χ0) is 6.81. The minimum atomic E-state index is 0. The second kappa shape index (κ2) is 5.40. The molecule has 0 unspecified atom stereocenters. The Bertz CT molecular complexity index is 247. The molecule has 0 saturated heterocycles. The van der Waals surface area contributed by atoms with Gasteiger partial charge >= 0.3 is 34.1 Å². The molecule has 2 heteroatoms. The molecule has 56 valence electrons. The Hall–Kier alpha value is -0.261. The number of hydrogen-bond acceptors (Lipinski definition) is 0. The molecule has 2 radical (unpaired) electrons. The summed E-state index contributed by atoms with van der Waals surface area (Å²) < 4.78 is 0. The first-order chi connectivity index (χ1) is 4.97. The third-order valence-corrected chi connectivity index (χ3v) is 1.66. The average Bonchev–Trinajstić information content (AvgIpc) is 2.59. The van der Waals surface area contributed by atoms with Crippen LogP contribution in [0.1, 0.15) is 0 Å². The van der Waals surface area contributed by atoms with E-state index in [-0.39, 0.29) is 34.1 Å². The second-order valence-corrected chi connectivity index (χ2v) is 2.35. The van der Waals surface area contributed by atoms with Crippen LogP contribution in [0.2, 0.25) is 0 Å². The Balaban J connectivity index is 0.000000605. The molecule has 2 aromatic carbocycles. The zero-order valence-electron chi connectivity index (χ0n) is 6.33. The molecule has 0 bridgehead atoms. The second-order valence-electron chi connectivity index (χ2n) is 2.35. The normalized spacial score (nSPS) is 8.33. The molecule has 0 atom stereocenters. The van der Waals surface area contributed by atoms with Crippen molar-refractivity contribution in [2.45, 2.75) is 0 Å². The Morgan fingerprint density at radius 3 is 1.00 bits per heavy atom. The van der Waals surface area contributed by atoms with Crippen molar-refractivity contribution in [1.82, 2.24) is 0 Å². The summed E-state index contributed by atoms with van der Waals surface area (Å²) in [6.07, 6.45) is 0. The van der Waals surface area contributed by atoms with Gasteiger partial charge < -0.3 is 0 Å². The molecule has 0 fully saturated rings. The quantitative estimate of drug-likeness (QED) is 0.531. The maximum Gasteiger partial charge on any atom is 5.00 e. The van der Waals surface area contributed by atoms with Crippen molar-refractivity contribution >= 4 is 0 Å². The van der Waals surface area contributed by atoms with E-state index in [0.29, 0.717) is 0 Å². The van der Waals surface area contributed by atoms with Gasteiger partial charge in [-0.25, -0.2) is 0 Å². The summed E-state index contributed by atoms with van der Waals surface area (Å²) in [5.41, 5.74) is 2.62. The van der Waals surface area contributed by atoms with Crippen LogP contribution in [0, 0.1) is 0 Å². The Kier molecular flexibility index (Phi) is 5.28. The van der Waals surface area contributed by atoms with Crippen molar-refractivity contribution in [3.8, 4) is 11.1 Å². The Morgan fingerprint density at radius 2 is 0.750 bits per heavy atom. The minimum absolute atomic E-state index is 0. The van der Waals surface area contributed by atoms with E-state index in [1.54, 1.807) is 0 Å². The molecule has 12 heavy (non-hydrogen) atoms. The van der Waals surface area contributed by atoms with Crippen LogP contribution in [-0.2, 0) is 34.1 Å². The van der Waals surface area contributed by atoms with Gasteiger partial charge in [0.1, 0.15) is 0 Å². The van der Waals surface area contributed by atoms with Gasteiger partial charge in [0.25, 0.3) is 0 Å². The molecule has 0 aliphatic rings. The molecule has 2 aromatic rings. The van der Waals surface area contributed by atoms with Crippen LogP contribution in [0.3, 0.4) is 0 Å². The van der Waals surface area contributed by atoms with E-state index in [2.05, 4.69) is 48.5 Å². The molecular formula is C10H8Fe2+8. The molecule has 2 rings (SSSR count).